The molecule has 7 nitrogen and oxygen atoms in total. The van der Waals surface area contributed by atoms with Crippen molar-refractivity contribution in [2.24, 2.45) is 10.2 Å². The van der Waals surface area contributed by atoms with Crippen LogP contribution < -0.4 is 10.2 Å². The van der Waals surface area contributed by atoms with Crippen molar-refractivity contribution in [2.75, 3.05) is 25.5 Å². The first kappa shape index (κ1) is 17.1. The summed E-state index contributed by atoms with van der Waals surface area (Å²) in [5.74, 6) is -1.61. The molecule has 2 N–H and O–H groups in total. The quantitative estimate of drug-likeness (QED) is 0.798. The molecular formula is C17H18N4O3. The average Bonchev–Trinajstić information content (AvgIpc) is 2.58. The van der Waals surface area contributed by atoms with Gasteiger partial charge in [0.2, 0.25) is 0 Å². The highest BCUT2D eigenvalue weighted by Gasteiger charge is 2.11. The van der Waals surface area contributed by atoms with E-state index in [1.165, 1.54) is 0 Å². The third kappa shape index (κ3) is 4.64. The molecule has 0 saturated carbocycles. The first-order chi connectivity index (χ1) is 11.5. The summed E-state index contributed by atoms with van der Waals surface area (Å²) in [5, 5.41) is 19.2. The Morgan fingerprint density at radius 1 is 1.04 bits per heavy atom. The van der Waals surface area contributed by atoms with Crippen molar-refractivity contribution >= 4 is 28.9 Å². The fourth-order valence-corrected chi connectivity index (χ4v) is 1.93. The van der Waals surface area contributed by atoms with E-state index in [1.54, 1.807) is 24.3 Å². The summed E-state index contributed by atoms with van der Waals surface area (Å²) < 4.78 is 0. The van der Waals surface area contributed by atoms with Gasteiger partial charge >= 0.3 is 5.97 Å². The molecule has 0 aromatic heterocycles. The molecular weight excluding hydrogens is 308 g/mol. The van der Waals surface area contributed by atoms with Crippen LogP contribution in [-0.2, 0) is 4.79 Å². The van der Waals surface area contributed by atoms with E-state index in [0.29, 0.717) is 11.4 Å². The van der Waals surface area contributed by atoms with Crippen LogP contribution in [0.4, 0.5) is 17.1 Å². The van der Waals surface area contributed by atoms with Gasteiger partial charge in [-0.3, -0.25) is 9.59 Å². The molecule has 0 aliphatic heterocycles. The van der Waals surface area contributed by atoms with Gasteiger partial charge in [-0.15, -0.1) is 5.11 Å². The lowest BCUT2D eigenvalue weighted by atomic mass is 10.1. The maximum atomic E-state index is 12.0. The number of anilines is 1. The van der Waals surface area contributed by atoms with Gasteiger partial charge < -0.3 is 15.3 Å². The Balaban J connectivity index is 2.17. The Bertz CT molecular complexity index is 755. The Labute approximate surface area is 139 Å². The van der Waals surface area contributed by atoms with E-state index < -0.39 is 18.4 Å². The fourth-order valence-electron chi connectivity index (χ4n) is 1.93. The van der Waals surface area contributed by atoms with Gasteiger partial charge in [0, 0.05) is 19.8 Å². The van der Waals surface area contributed by atoms with Gasteiger partial charge in [-0.1, -0.05) is 12.1 Å². The molecule has 0 spiro atoms. The molecule has 1 amide bonds. The summed E-state index contributed by atoms with van der Waals surface area (Å²) in [6.07, 6.45) is 0. The lowest BCUT2D eigenvalue weighted by molar-refractivity contribution is -0.135. The van der Waals surface area contributed by atoms with E-state index in [1.807, 2.05) is 43.3 Å². The standard InChI is InChI=1S/C17H18N4O3/c1-21(2)13-9-7-12(8-10-13)19-20-15-6-4-3-5-14(15)17(24)18-11-16(22)23/h3-10H,11H2,1-2H3,(H,18,24)(H,22,23). The van der Waals surface area contributed by atoms with Crippen molar-refractivity contribution in [2.45, 2.75) is 0 Å². The molecule has 7 heteroatoms. The number of azo groups is 1. The van der Waals surface area contributed by atoms with E-state index >= 15 is 0 Å². The van der Waals surface area contributed by atoms with Crippen LogP contribution >= 0.6 is 0 Å². The van der Waals surface area contributed by atoms with Gasteiger partial charge in [0.05, 0.1) is 16.9 Å². The smallest absolute Gasteiger partial charge is 0.322 e. The Morgan fingerprint density at radius 3 is 2.33 bits per heavy atom. The van der Waals surface area contributed by atoms with Crippen molar-refractivity contribution in [1.29, 1.82) is 0 Å². The molecule has 0 unspecified atom stereocenters. The molecule has 2 aromatic carbocycles. The Morgan fingerprint density at radius 2 is 1.71 bits per heavy atom. The predicted molar refractivity (Wildman–Crippen MR) is 91.4 cm³/mol. The molecule has 0 bridgehead atoms. The zero-order valence-corrected chi connectivity index (χ0v) is 13.4. The second-order valence-electron chi connectivity index (χ2n) is 5.20. The zero-order chi connectivity index (χ0) is 17.5. The second-order valence-corrected chi connectivity index (χ2v) is 5.20. The lowest BCUT2D eigenvalue weighted by Crippen LogP contribution is -2.29. The molecule has 0 aliphatic carbocycles. The van der Waals surface area contributed by atoms with Crippen molar-refractivity contribution in [3.8, 4) is 0 Å². The van der Waals surface area contributed by atoms with Gasteiger partial charge in [0.1, 0.15) is 6.54 Å². The van der Waals surface area contributed by atoms with E-state index in [4.69, 9.17) is 5.11 Å². The molecule has 24 heavy (non-hydrogen) atoms. The van der Waals surface area contributed by atoms with Crippen LogP contribution in [0.1, 0.15) is 10.4 Å². The minimum absolute atomic E-state index is 0.271. The van der Waals surface area contributed by atoms with Crippen LogP contribution in [0.3, 0.4) is 0 Å². The van der Waals surface area contributed by atoms with Gasteiger partial charge in [-0.05, 0) is 36.4 Å². The third-order valence-corrected chi connectivity index (χ3v) is 3.19. The van der Waals surface area contributed by atoms with Gasteiger partial charge in [-0.25, -0.2) is 0 Å². The molecule has 124 valence electrons. The number of carbonyl (C=O) groups excluding carboxylic acids is 1. The van der Waals surface area contributed by atoms with Crippen molar-refractivity contribution in [1.82, 2.24) is 5.32 Å². The summed E-state index contributed by atoms with van der Waals surface area (Å²) in [4.78, 5) is 24.5. The number of carbonyl (C=O) groups is 2. The molecule has 0 radical (unpaired) electrons. The monoisotopic (exact) mass is 326 g/mol. The van der Waals surface area contributed by atoms with E-state index in [-0.39, 0.29) is 5.56 Å². The summed E-state index contributed by atoms with van der Waals surface area (Å²) in [5.41, 5.74) is 2.34. The number of carboxylic acids is 1. The van der Waals surface area contributed by atoms with Crippen LogP contribution in [0.15, 0.2) is 58.8 Å². The summed E-state index contributed by atoms with van der Waals surface area (Å²) in [6, 6.07) is 14.1. The molecule has 0 saturated heterocycles. The molecule has 0 heterocycles. The van der Waals surface area contributed by atoms with Gasteiger partial charge in [0.25, 0.3) is 5.91 Å². The molecule has 2 aromatic rings. The highest BCUT2D eigenvalue weighted by Crippen LogP contribution is 2.23. The zero-order valence-electron chi connectivity index (χ0n) is 13.4. The SMILES string of the molecule is CN(C)c1ccc(N=Nc2ccccc2C(=O)NCC(=O)O)cc1. The summed E-state index contributed by atoms with van der Waals surface area (Å²) in [6.45, 7) is -0.448. The Hall–Kier alpha value is -3.22. The van der Waals surface area contributed by atoms with Gasteiger partial charge in [-0.2, -0.15) is 5.11 Å². The van der Waals surface area contributed by atoms with Crippen LogP contribution in [-0.4, -0.2) is 37.6 Å². The van der Waals surface area contributed by atoms with Gasteiger partial charge in [0.15, 0.2) is 0 Å². The molecule has 0 atom stereocenters. The van der Waals surface area contributed by atoms with Crippen LogP contribution in [0.25, 0.3) is 0 Å². The van der Waals surface area contributed by atoms with Crippen LogP contribution in [0, 0.1) is 0 Å². The Kier molecular flexibility index (Phi) is 5.62. The molecule has 0 fully saturated rings. The minimum Gasteiger partial charge on any atom is -0.480 e. The number of benzene rings is 2. The second kappa shape index (κ2) is 7.87. The first-order valence-electron chi connectivity index (χ1n) is 7.25. The number of carboxylic acid groups (broad SMARTS) is 1. The number of nitrogens with one attached hydrogen (secondary N) is 1. The number of hydrogen-bond donors (Lipinski definition) is 2. The van der Waals surface area contributed by atoms with E-state index in [2.05, 4.69) is 15.5 Å². The maximum absolute atomic E-state index is 12.0. The fraction of sp³-hybridized carbons (Fsp3) is 0.176. The minimum atomic E-state index is -1.11. The van der Waals surface area contributed by atoms with E-state index in [0.717, 1.165) is 5.69 Å². The predicted octanol–water partition coefficient (Wildman–Crippen LogP) is 2.98. The molecule has 2 rings (SSSR count). The number of hydrogen-bond acceptors (Lipinski definition) is 5. The highest BCUT2D eigenvalue weighted by atomic mass is 16.4. The van der Waals surface area contributed by atoms with Crippen molar-refractivity contribution in [3.05, 3.63) is 54.1 Å². The topological polar surface area (TPSA) is 94.4 Å². The summed E-state index contributed by atoms with van der Waals surface area (Å²) in [7, 11) is 3.89. The largest absolute Gasteiger partial charge is 0.480 e. The number of aliphatic carboxylic acids is 1. The molecule has 0 aliphatic rings. The highest BCUT2D eigenvalue weighted by molar-refractivity contribution is 6.00. The maximum Gasteiger partial charge on any atom is 0.322 e. The lowest BCUT2D eigenvalue weighted by Gasteiger charge is -2.11. The van der Waals surface area contributed by atoms with Crippen LogP contribution in [0.5, 0.6) is 0 Å². The number of amides is 1. The normalized spacial score (nSPS) is 10.6. The number of rotatable bonds is 6. The van der Waals surface area contributed by atoms with Crippen LogP contribution in [0.2, 0.25) is 0 Å². The third-order valence-electron chi connectivity index (χ3n) is 3.19. The van der Waals surface area contributed by atoms with E-state index in [9.17, 15) is 9.59 Å². The van der Waals surface area contributed by atoms with Crippen molar-refractivity contribution < 1.29 is 14.7 Å². The average molecular weight is 326 g/mol. The first-order valence-corrected chi connectivity index (χ1v) is 7.25. The summed E-state index contributed by atoms with van der Waals surface area (Å²) >= 11 is 0. The number of nitrogens with zero attached hydrogens (tertiary/aromatic N) is 3. The van der Waals surface area contributed by atoms with Crippen molar-refractivity contribution in [3.63, 3.8) is 0 Å².